The van der Waals surface area contributed by atoms with Crippen molar-refractivity contribution in [2.45, 2.75) is 65.3 Å². The second-order valence-electron chi connectivity index (χ2n) is 10.5. The maximum Gasteiger partial charge on any atom is 0.340 e. The van der Waals surface area contributed by atoms with Crippen LogP contribution < -0.4 is 0 Å². The number of fused-ring (bicyclic) bond motifs is 1. The normalized spacial score (nSPS) is 35.9. The molecule has 0 saturated heterocycles. The van der Waals surface area contributed by atoms with E-state index in [1.165, 1.54) is 19.2 Å². The first-order valence-corrected chi connectivity index (χ1v) is 12.2. The third-order valence-electron chi connectivity index (χ3n) is 8.47. The van der Waals surface area contributed by atoms with Gasteiger partial charge in [-0.3, -0.25) is 9.78 Å². The number of hydrogen-bond donors (Lipinski definition) is 1. The highest BCUT2D eigenvalue weighted by molar-refractivity contribution is 5.89. The molecular formula is C28H33NO7. The predicted molar refractivity (Wildman–Crippen MR) is 130 cm³/mol. The van der Waals surface area contributed by atoms with Crippen LogP contribution in [-0.4, -0.2) is 52.4 Å². The summed E-state index contributed by atoms with van der Waals surface area (Å²) in [6.07, 6.45) is 9.55. The number of ether oxygens (including phenoxy) is 3. The second-order valence-corrected chi connectivity index (χ2v) is 10.5. The summed E-state index contributed by atoms with van der Waals surface area (Å²) in [4.78, 5) is 41.1. The number of cyclic esters (lactones) is 1. The van der Waals surface area contributed by atoms with Crippen LogP contribution in [0.25, 0.3) is 0 Å². The summed E-state index contributed by atoms with van der Waals surface area (Å²) in [6, 6.07) is 3.20. The lowest BCUT2D eigenvalue weighted by Crippen LogP contribution is -2.72. The molecule has 0 unspecified atom stereocenters. The lowest BCUT2D eigenvalue weighted by atomic mass is 9.44. The highest BCUT2D eigenvalue weighted by atomic mass is 16.6. The Morgan fingerprint density at radius 1 is 1.22 bits per heavy atom. The molecule has 0 radical (unpaired) electrons. The van der Waals surface area contributed by atoms with Gasteiger partial charge in [-0.1, -0.05) is 37.6 Å². The summed E-state index contributed by atoms with van der Waals surface area (Å²) in [6.45, 7) is 9.00. The molecule has 3 aliphatic rings. The number of aromatic nitrogens is 1. The number of hydrogen-bond acceptors (Lipinski definition) is 8. The van der Waals surface area contributed by atoms with Gasteiger partial charge < -0.3 is 19.3 Å². The molecule has 0 bridgehead atoms. The molecule has 6 atom stereocenters. The fraction of sp³-hybridized carbons (Fsp3) is 0.500. The average molecular weight is 496 g/mol. The van der Waals surface area contributed by atoms with Gasteiger partial charge in [-0.05, 0) is 50.3 Å². The quantitative estimate of drug-likeness (QED) is 0.374. The zero-order valence-corrected chi connectivity index (χ0v) is 21.3. The maximum absolute atomic E-state index is 13.2. The van der Waals surface area contributed by atoms with Crippen LogP contribution in [0.4, 0.5) is 0 Å². The number of nitrogens with zero attached hydrogens (tertiary/aromatic N) is 1. The molecule has 8 nitrogen and oxygen atoms in total. The number of esters is 3. The van der Waals surface area contributed by atoms with Gasteiger partial charge in [-0.2, -0.15) is 0 Å². The molecule has 0 aromatic carbocycles. The van der Waals surface area contributed by atoms with Gasteiger partial charge in [-0.25, -0.2) is 9.59 Å². The van der Waals surface area contributed by atoms with Crippen molar-refractivity contribution in [3.63, 3.8) is 0 Å². The van der Waals surface area contributed by atoms with Crippen LogP contribution >= 0.6 is 0 Å². The molecule has 2 heterocycles. The van der Waals surface area contributed by atoms with E-state index in [2.05, 4.69) is 11.1 Å². The third-order valence-corrected chi connectivity index (χ3v) is 8.47. The third kappa shape index (κ3) is 4.17. The molecule has 1 N–H and O–H groups in total. The van der Waals surface area contributed by atoms with E-state index in [-0.39, 0.29) is 18.1 Å². The zero-order chi connectivity index (χ0) is 26.3. The van der Waals surface area contributed by atoms with E-state index in [4.69, 9.17) is 14.2 Å². The van der Waals surface area contributed by atoms with Crippen molar-refractivity contribution >= 4 is 17.9 Å². The Balaban J connectivity index is 1.85. The molecule has 4 rings (SSSR count). The van der Waals surface area contributed by atoms with E-state index >= 15 is 0 Å². The van der Waals surface area contributed by atoms with Crippen molar-refractivity contribution in [2.75, 3.05) is 6.61 Å². The Labute approximate surface area is 211 Å². The summed E-state index contributed by atoms with van der Waals surface area (Å²) in [5.74, 6) is -1.77. The number of carbonyl (C=O) groups excluding carboxylic acids is 3. The van der Waals surface area contributed by atoms with Crippen LogP contribution in [-0.2, 0) is 23.8 Å². The minimum atomic E-state index is -1.65. The topological polar surface area (TPSA) is 112 Å². The predicted octanol–water partition coefficient (Wildman–Crippen LogP) is 3.71. The van der Waals surface area contributed by atoms with E-state index in [0.717, 1.165) is 18.4 Å². The lowest BCUT2D eigenvalue weighted by molar-refractivity contribution is -0.257. The van der Waals surface area contributed by atoms with Gasteiger partial charge in [0, 0.05) is 36.2 Å². The van der Waals surface area contributed by atoms with Crippen LogP contribution in [0.5, 0.6) is 0 Å². The van der Waals surface area contributed by atoms with Gasteiger partial charge in [0.05, 0.1) is 5.56 Å². The Kier molecular flexibility index (Phi) is 6.68. The largest absolute Gasteiger partial charge is 0.458 e. The zero-order valence-electron chi connectivity index (χ0n) is 21.3. The summed E-state index contributed by atoms with van der Waals surface area (Å²) in [7, 11) is 0. The van der Waals surface area contributed by atoms with Crippen LogP contribution in [0.2, 0.25) is 0 Å². The van der Waals surface area contributed by atoms with E-state index in [9.17, 15) is 19.5 Å². The van der Waals surface area contributed by atoms with Gasteiger partial charge in [0.15, 0.2) is 12.2 Å². The maximum atomic E-state index is 13.2. The summed E-state index contributed by atoms with van der Waals surface area (Å²) >= 11 is 0. The van der Waals surface area contributed by atoms with Crippen molar-refractivity contribution < 1.29 is 33.7 Å². The fourth-order valence-corrected chi connectivity index (χ4v) is 6.13. The van der Waals surface area contributed by atoms with E-state index in [1.54, 1.807) is 31.3 Å². The van der Waals surface area contributed by atoms with Gasteiger partial charge >= 0.3 is 17.9 Å². The van der Waals surface area contributed by atoms with Crippen molar-refractivity contribution in [1.29, 1.82) is 0 Å². The van der Waals surface area contributed by atoms with Crippen LogP contribution in [0, 0.1) is 16.7 Å². The molecule has 1 aromatic rings. The number of pyridine rings is 1. The average Bonchev–Trinajstić information content (AvgIpc) is 3.25. The second kappa shape index (κ2) is 9.32. The van der Waals surface area contributed by atoms with Gasteiger partial charge in [0.25, 0.3) is 0 Å². The first kappa shape index (κ1) is 25.8. The molecule has 1 fully saturated rings. The first-order chi connectivity index (χ1) is 16.9. The van der Waals surface area contributed by atoms with Crippen LogP contribution in [0.15, 0.2) is 60.0 Å². The Morgan fingerprint density at radius 3 is 2.58 bits per heavy atom. The van der Waals surface area contributed by atoms with Gasteiger partial charge in [0.1, 0.15) is 12.2 Å². The van der Waals surface area contributed by atoms with E-state index in [0.29, 0.717) is 5.57 Å². The monoisotopic (exact) mass is 495 g/mol. The van der Waals surface area contributed by atoms with E-state index < -0.39 is 46.5 Å². The van der Waals surface area contributed by atoms with E-state index in [1.807, 2.05) is 26.8 Å². The molecule has 8 heteroatoms. The number of carbonyl (C=O) groups is 3. The molecule has 1 aliphatic heterocycles. The highest BCUT2D eigenvalue weighted by Gasteiger charge is 2.69. The Bertz CT molecular complexity index is 1150. The number of allylic oxidation sites excluding steroid dienone is 1. The number of aliphatic hydroxyl groups is 1. The summed E-state index contributed by atoms with van der Waals surface area (Å²) < 4.78 is 16.9. The minimum absolute atomic E-state index is 0.157. The summed E-state index contributed by atoms with van der Waals surface area (Å²) in [5.41, 5.74) is -1.40. The molecule has 0 amide bonds. The van der Waals surface area contributed by atoms with Gasteiger partial charge in [0.2, 0.25) is 0 Å². The number of rotatable bonds is 5. The molecule has 0 spiro atoms. The standard InChI is InChI=1S/C28H33NO7/c1-17-8-6-10-21-26(3,12-11-19-14-22(31)34-16-19)28(5,33)24(23(27(17,21)4)35-18(2)30)36-25(32)20-9-7-13-29-15-20/h7-9,11-15,21,23-24,33H,6,10,16H2,1-5H3/b12-11+/t21-,23+,24+,26-,27+,28+/m1/s1. The Morgan fingerprint density at radius 2 is 1.97 bits per heavy atom. The molecule has 2 aliphatic carbocycles. The van der Waals surface area contributed by atoms with Crippen molar-refractivity contribution in [1.82, 2.24) is 4.98 Å². The van der Waals surface area contributed by atoms with Gasteiger partial charge in [-0.15, -0.1) is 0 Å². The minimum Gasteiger partial charge on any atom is -0.458 e. The molecule has 1 saturated carbocycles. The molecule has 192 valence electrons. The molecule has 36 heavy (non-hydrogen) atoms. The molecule has 1 aromatic heterocycles. The summed E-state index contributed by atoms with van der Waals surface area (Å²) in [5, 5.41) is 12.2. The van der Waals surface area contributed by atoms with Crippen molar-refractivity contribution in [3.05, 3.63) is 65.5 Å². The SMILES string of the molecule is CC(=O)O[C@H]1[C@H](OC(=O)c2cccnc2)[C@](C)(O)[C@](C)(/C=C/C2=CC(=O)OC2)[C@H]2CCC=C(C)[C@]12C. The first-order valence-electron chi connectivity index (χ1n) is 12.2. The van der Waals surface area contributed by atoms with Crippen molar-refractivity contribution in [2.24, 2.45) is 16.7 Å². The van der Waals surface area contributed by atoms with Crippen molar-refractivity contribution in [3.8, 4) is 0 Å². The Hall–Kier alpha value is -3.26. The van der Waals surface area contributed by atoms with Crippen LogP contribution in [0.3, 0.4) is 0 Å². The smallest absolute Gasteiger partial charge is 0.340 e. The highest BCUT2D eigenvalue weighted by Crippen LogP contribution is 2.63. The lowest BCUT2D eigenvalue weighted by Gasteiger charge is -2.64. The molecular weight excluding hydrogens is 462 g/mol. The fourth-order valence-electron chi connectivity index (χ4n) is 6.13. The van der Waals surface area contributed by atoms with Crippen LogP contribution in [0.1, 0.15) is 57.8 Å².